The van der Waals surface area contributed by atoms with Gasteiger partial charge in [-0.2, -0.15) is 0 Å². The third kappa shape index (κ3) is 3.95. The standard InChI is InChI=1S/C26H25Br2NO3/c1-5-29(6-2)22-14-24-19(13-21(22)28)25(16-9-7-8-10-17(16)26(30)31-4)18-12-20(27)15(3)11-23(18)32-24/h7-14,25H,5-6H2,1-4H3. The molecule has 0 aromatic heterocycles. The summed E-state index contributed by atoms with van der Waals surface area (Å²) >= 11 is 7.46. The van der Waals surface area contributed by atoms with E-state index in [9.17, 15) is 4.79 Å². The van der Waals surface area contributed by atoms with Crippen LogP contribution in [0, 0.1) is 6.92 Å². The van der Waals surface area contributed by atoms with E-state index in [0.717, 1.165) is 61.5 Å². The van der Waals surface area contributed by atoms with Crippen molar-refractivity contribution in [2.75, 3.05) is 25.1 Å². The maximum absolute atomic E-state index is 12.6. The van der Waals surface area contributed by atoms with E-state index in [1.807, 2.05) is 31.2 Å². The van der Waals surface area contributed by atoms with Gasteiger partial charge in [-0.05, 0) is 72.1 Å². The number of carbonyl (C=O) groups excluding carboxylic acids is 1. The molecule has 0 amide bonds. The number of methoxy groups -OCH3 is 1. The fourth-order valence-corrected chi connectivity index (χ4v) is 5.30. The normalized spacial score (nSPS) is 14.2. The maximum atomic E-state index is 12.6. The van der Waals surface area contributed by atoms with Gasteiger partial charge in [0.25, 0.3) is 0 Å². The Bertz CT molecular complexity index is 1190. The van der Waals surface area contributed by atoms with Crippen LogP contribution in [0.5, 0.6) is 11.5 Å². The van der Waals surface area contributed by atoms with Crippen molar-refractivity contribution in [3.05, 3.63) is 85.3 Å². The minimum absolute atomic E-state index is 0.178. The van der Waals surface area contributed by atoms with E-state index >= 15 is 0 Å². The molecule has 0 bridgehead atoms. The van der Waals surface area contributed by atoms with Crippen molar-refractivity contribution in [3.8, 4) is 11.5 Å². The molecule has 0 aliphatic carbocycles. The molecule has 1 heterocycles. The molecule has 6 heteroatoms. The van der Waals surface area contributed by atoms with Gasteiger partial charge in [-0.25, -0.2) is 4.79 Å². The van der Waals surface area contributed by atoms with E-state index in [-0.39, 0.29) is 11.9 Å². The summed E-state index contributed by atoms with van der Waals surface area (Å²) in [4.78, 5) is 14.9. The number of aryl methyl sites for hydroxylation is 1. The molecule has 0 radical (unpaired) electrons. The molecule has 0 saturated carbocycles. The molecule has 0 saturated heterocycles. The Labute approximate surface area is 205 Å². The Morgan fingerprint density at radius 2 is 1.59 bits per heavy atom. The van der Waals surface area contributed by atoms with E-state index in [4.69, 9.17) is 9.47 Å². The minimum Gasteiger partial charge on any atom is -0.465 e. The van der Waals surface area contributed by atoms with Crippen LogP contribution in [0.3, 0.4) is 0 Å². The fourth-order valence-electron chi connectivity index (χ4n) is 4.33. The molecule has 4 rings (SSSR count). The lowest BCUT2D eigenvalue weighted by Crippen LogP contribution is -2.23. The van der Waals surface area contributed by atoms with Crippen LogP contribution in [0.2, 0.25) is 0 Å². The summed E-state index contributed by atoms with van der Waals surface area (Å²) in [5.41, 5.74) is 5.64. The largest absolute Gasteiger partial charge is 0.465 e. The predicted molar refractivity (Wildman–Crippen MR) is 135 cm³/mol. The number of rotatable bonds is 5. The second-order valence-corrected chi connectivity index (χ2v) is 9.48. The van der Waals surface area contributed by atoms with E-state index in [1.54, 1.807) is 0 Å². The third-order valence-corrected chi connectivity index (χ3v) is 7.48. The quantitative estimate of drug-likeness (QED) is 0.239. The van der Waals surface area contributed by atoms with Gasteiger partial charge in [0.1, 0.15) is 11.5 Å². The monoisotopic (exact) mass is 557 g/mol. The highest BCUT2D eigenvalue weighted by molar-refractivity contribution is 9.11. The number of esters is 1. The number of hydrogen-bond donors (Lipinski definition) is 0. The number of nitrogens with zero attached hydrogens (tertiary/aromatic N) is 1. The van der Waals surface area contributed by atoms with Gasteiger partial charge < -0.3 is 14.4 Å². The molecule has 0 fully saturated rings. The van der Waals surface area contributed by atoms with E-state index in [1.165, 1.54) is 7.11 Å². The fraction of sp³-hybridized carbons (Fsp3) is 0.269. The second-order valence-electron chi connectivity index (χ2n) is 7.77. The zero-order chi connectivity index (χ0) is 23.0. The zero-order valence-corrected chi connectivity index (χ0v) is 21.7. The number of anilines is 1. The summed E-state index contributed by atoms with van der Waals surface area (Å²) in [5, 5.41) is 0. The van der Waals surface area contributed by atoms with Crippen LogP contribution in [0.25, 0.3) is 0 Å². The molecule has 1 atom stereocenters. The molecule has 3 aromatic carbocycles. The lowest BCUT2D eigenvalue weighted by atomic mass is 9.80. The first-order valence-corrected chi connectivity index (χ1v) is 12.2. The average Bonchev–Trinajstić information content (AvgIpc) is 2.79. The van der Waals surface area contributed by atoms with Gasteiger partial charge in [-0.1, -0.05) is 34.1 Å². The van der Waals surface area contributed by atoms with Gasteiger partial charge in [-0.3, -0.25) is 0 Å². The van der Waals surface area contributed by atoms with Crippen LogP contribution in [0.15, 0.2) is 57.5 Å². The number of ether oxygens (including phenoxy) is 2. The van der Waals surface area contributed by atoms with E-state index in [0.29, 0.717) is 5.56 Å². The molecule has 3 aromatic rings. The maximum Gasteiger partial charge on any atom is 0.338 e. The SMILES string of the molecule is CCN(CC)c1cc2c(cc1Br)C(c1ccccc1C(=O)OC)c1cc(Br)c(C)cc1O2. The summed E-state index contributed by atoms with van der Waals surface area (Å²) in [6.07, 6.45) is 0. The third-order valence-electron chi connectivity index (χ3n) is 5.99. The zero-order valence-electron chi connectivity index (χ0n) is 18.5. The molecule has 0 N–H and O–H groups in total. The van der Waals surface area contributed by atoms with Gasteiger partial charge in [0.2, 0.25) is 0 Å². The van der Waals surface area contributed by atoms with Crippen LogP contribution in [-0.4, -0.2) is 26.2 Å². The highest BCUT2D eigenvalue weighted by Crippen LogP contribution is 2.51. The number of carbonyl (C=O) groups is 1. The van der Waals surface area contributed by atoms with Crippen molar-refractivity contribution in [2.24, 2.45) is 0 Å². The van der Waals surface area contributed by atoms with Gasteiger partial charge in [-0.15, -0.1) is 0 Å². The Balaban J connectivity index is 2.00. The van der Waals surface area contributed by atoms with Crippen molar-refractivity contribution >= 4 is 43.5 Å². The summed E-state index contributed by atoms with van der Waals surface area (Å²) in [5.74, 6) is 1.08. The van der Waals surface area contributed by atoms with Crippen LogP contribution in [0.4, 0.5) is 5.69 Å². The van der Waals surface area contributed by atoms with Crippen molar-refractivity contribution in [2.45, 2.75) is 26.7 Å². The number of fused-ring (bicyclic) bond motifs is 2. The van der Waals surface area contributed by atoms with Crippen LogP contribution < -0.4 is 9.64 Å². The molecule has 1 unspecified atom stereocenters. The number of benzene rings is 3. The van der Waals surface area contributed by atoms with Crippen LogP contribution >= 0.6 is 31.9 Å². The van der Waals surface area contributed by atoms with Gasteiger partial charge >= 0.3 is 5.97 Å². The first-order valence-electron chi connectivity index (χ1n) is 10.6. The highest BCUT2D eigenvalue weighted by atomic mass is 79.9. The van der Waals surface area contributed by atoms with Crippen molar-refractivity contribution in [3.63, 3.8) is 0 Å². The first kappa shape index (κ1) is 22.9. The highest BCUT2D eigenvalue weighted by Gasteiger charge is 2.33. The molecule has 32 heavy (non-hydrogen) atoms. The lowest BCUT2D eigenvalue weighted by Gasteiger charge is -2.32. The predicted octanol–water partition coefficient (Wildman–Crippen LogP) is 7.44. The van der Waals surface area contributed by atoms with Gasteiger partial charge in [0, 0.05) is 45.1 Å². The van der Waals surface area contributed by atoms with Crippen molar-refractivity contribution in [1.29, 1.82) is 0 Å². The van der Waals surface area contributed by atoms with E-state index < -0.39 is 0 Å². The number of hydrogen-bond acceptors (Lipinski definition) is 4. The minimum atomic E-state index is -0.347. The topological polar surface area (TPSA) is 38.8 Å². The molecule has 1 aliphatic heterocycles. The molecule has 0 spiro atoms. The number of halogens is 2. The Morgan fingerprint density at radius 3 is 2.25 bits per heavy atom. The molecular formula is C26H25Br2NO3. The summed E-state index contributed by atoms with van der Waals surface area (Å²) < 4.78 is 13.5. The van der Waals surface area contributed by atoms with Gasteiger partial charge in [0.05, 0.1) is 18.4 Å². The molecular weight excluding hydrogens is 534 g/mol. The molecule has 1 aliphatic rings. The van der Waals surface area contributed by atoms with Crippen LogP contribution in [0.1, 0.15) is 52.4 Å². The lowest BCUT2D eigenvalue weighted by molar-refractivity contribution is 0.0599. The Morgan fingerprint density at radius 1 is 0.969 bits per heavy atom. The summed E-state index contributed by atoms with van der Waals surface area (Å²) in [6.45, 7) is 8.11. The Hall–Kier alpha value is -2.31. The smallest absolute Gasteiger partial charge is 0.338 e. The summed E-state index contributed by atoms with van der Waals surface area (Å²) in [7, 11) is 1.41. The average molecular weight is 559 g/mol. The summed E-state index contributed by atoms with van der Waals surface area (Å²) in [6, 6.07) is 16.0. The van der Waals surface area contributed by atoms with Crippen molar-refractivity contribution < 1.29 is 14.3 Å². The van der Waals surface area contributed by atoms with Gasteiger partial charge in [0.15, 0.2) is 0 Å². The Kier molecular flexibility index (Phi) is 6.63. The van der Waals surface area contributed by atoms with Crippen molar-refractivity contribution in [1.82, 2.24) is 0 Å². The second kappa shape index (κ2) is 9.28. The van der Waals surface area contributed by atoms with Crippen LogP contribution in [-0.2, 0) is 4.74 Å². The molecule has 4 nitrogen and oxygen atoms in total. The first-order chi connectivity index (χ1) is 15.4. The van der Waals surface area contributed by atoms with E-state index in [2.05, 4.69) is 74.9 Å². The molecule has 166 valence electrons.